The first-order valence-corrected chi connectivity index (χ1v) is 6.15. The van der Waals surface area contributed by atoms with Crippen molar-refractivity contribution in [1.29, 1.82) is 0 Å². The number of carbonyl (C=O) groups is 1. The maximum Gasteiger partial charge on any atom is 0.323 e. The molecule has 1 N–H and O–H groups in total. The van der Waals surface area contributed by atoms with Crippen molar-refractivity contribution in [2.75, 3.05) is 18.1 Å². The van der Waals surface area contributed by atoms with Crippen LogP contribution in [0.2, 0.25) is 0 Å². The molecule has 2 rings (SSSR count). The number of carboxylic acids is 1. The average molecular weight is 278 g/mol. The van der Waals surface area contributed by atoms with Gasteiger partial charge in [-0.2, -0.15) is 5.10 Å². The van der Waals surface area contributed by atoms with E-state index < -0.39 is 12.6 Å². The van der Waals surface area contributed by atoms with Crippen LogP contribution >= 0.6 is 0 Å². The van der Waals surface area contributed by atoms with Gasteiger partial charge in [-0.3, -0.25) is 4.79 Å². The SMILES string of the molecule is O=C(O)CN(Cc1ncnn1CCF)c1ccccc1. The maximum atomic E-state index is 12.4. The van der Waals surface area contributed by atoms with Crippen molar-refractivity contribution in [1.82, 2.24) is 14.8 Å². The Morgan fingerprint density at radius 3 is 2.75 bits per heavy atom. The van der Waals surface area contributed by atoms with Gasteiger partial charge >= 0.3 is 5.97 Å². The number of benzene rings is 1. The first kappa shape index (κ1) is 14.0. The van der Waals surface area contributed by atoms with Crippen molar-refractivity contribution in [3.63, 3.8) is 0 Å². The summed E-state index contributed by atoms with van der Waals surface area (Å²) in [5.41, 5.74) is 0.768. The first-order chi connectivity index (χ1) is 9.70. The van der Waals surface area contributed by atoms with Crippen LogP contribution in [0.5, 0.6) is 0 Å². The number of rotatable bonds is 7. The van der Waals surface area contributed by atoms with Crippen molar-refractivity contribution in [2.24, 2.45) is 0 Å². The van der Waals surface area contributed by atoms with Gasteiger partial charge in [-0.25, -0.2) is 14.1 Å². The molecule has 0 aliphatic heterocycles. The van der Waals surface area contributed by atoms with Crippen LogP contribution in [0, 0.1) is 0 Å². The Balaban J connectivity index is 2.19. The van der Waals surface area contributed by atoms with Crippen molar-refractivity contribution in [2.45, 2.75) is 13.1 Å². The Morgan fingerprint density at radius 2 is 2.10 bits per heavy atom. The van der Waals surface area contributed by atoms with Gasteiger partial charge in [-0.1, -0.05) is 18.2 Å². The van der Waals surface area contributed by atoms with Crippen LogP contribution in [-0.4, -0.2) is 39.1 Å². The minimum atomic E-state index is -0.939. The number of alkyl halides is 1. The molecule has 0 aliphatic rings. The molecule has 20 heavy (non-hydrogen) atoms. The number of hydrogen-bond acceptors (Lipinski definition) is 4. The molecule has 106 valence electrons. The predicted molar refractivity (Wildman–Crippen MR) is 71.1 cm³/mol. The van der Waals surface area contributed by atoms with Crippen molar-refractivity contribution in [3.05, 3.63) is 42.5 Å². The second-order valence-corrected chi connectivity index (χ2v) is 4.17. The van der Waals surface area contributed by atoms with Crippen LogP contribution in [0.4, 0.5) is 10.1 Å². The van der Waals surface area contributed by atoms with E-state index in [-0.39, 0.29) is 19.6 Å². The highest BCUT2D eigenvalue weighted by Gasteiger charge is 2.14. The quantitative estimate of drug-likeness (QED) is 0.827. The van der Waals surface area contributed by atoms with E-state index in [1.165, 1.54) is 11.0 Å². The maximum absolute atomic E-state index is 12.4. The van der Waals surface area contributed by atoms with Gasteiger partial charge in [0.2, 0.25) is 0 Å². The highest BCUT2D eigenvalue weighted by molar-refractivity contribution is 5.73. The van der Waals surface area contributed by atoms with E-state index in [1.54, 1.807) is 4.90 Å². The van der Waals surface area contributed by atoms with E-state index >= 15 is 0 Å². The third-order valence-electron chi connectivity index (χ3n) is 2.77. The summed E-state index contributed by atoms with van der Waals surface area (Å²) in [5, 5.41) is 12.9. The minimum Gasteiger partial charge on any atom is -0.480 e. The number of aromatic nitrogens is 3. The fraction of sp³-hybridized carbons (Fsp3) is 0.308. The van der Waals surface area contributed by atoms with Gasteiger partial charge in [0.05, 0.1) is 13.1 Å². The van der Waals surface area contributed by atoms with Gasteiger partial charge in [-0.15, -0.1) is 0 Å². The van der Waals surface area contributed by atoms with Crippen LogP contribution in [0.3, 0.4) is 0 Å². The number of aryl methyl sites for hydroxylation is 1. The fourth-order valence-electron chi connectivity index (χ4n) is 1.89. The van der Waals surface area contributed by atoms with E-state index in [0.29, 0.717) is 5.82 Å². The zero-order valence-corrected chi connectivity index (χ0v) is 10.8. The molecule has 0 bridgehead atoms. The predicted octanol–water partition coefficient (Wildman–Crippen LogP) is 1.34. The number of nitrogens with zero attached hydrogens (tertiary/aromatic N) is 4. The fourth-order valence-corrected chi connectivity index (χ4v) is 1.89. The lowest BCUT2D eigenvalue weighted by molar-refractivity contribution is -0.135. The Kier molecular flexibility index (Phi) is 4.65. The number of anilines is 1. The smallest absolute Gasteiger partial charge is 0.323 e. The third-order valence-corrected chi connectivity index (χ3v) is 2.77. The van der Waals surface area contributed by atoms with Gasteiger partial charge in [0, 0.05) is 5.69 Å². The van der Waals surface area contributed by atoms with Crippen molar-refractivity contribution < 1.29 is 14.3 Å². The summed E-state index contributed by atoms with van der Waals surface area (Å²) in [6.45, 7) is -0.325. The number of para-hydroxylation sites is 1. The molecular weight excluding hydrogens is 263 g/mol. The molecular formula is C13H15FN4O2. The molecule has 0 amide bonds. The zero-order valence-electron chi connectivity index (χ0n) is 10.8. The number of halogens is 1. The zero-order chi connectivity index (χ0) is 14.4. The summed E-state index contributed by atoms with van der Waals surface area (Å²) in [7, 11) is 0. The topological polar surface area (TPSA) is 71.2 Å². The molecule has 0 unspecified atom stereocenters. The standard InChI is InChI=1S/C13H15FN4O2/c14-6-7-18-12(15-10-16-18)8-17(9-13(19)20)11-4-2-1-3-5-11/h1-5,10H,6-9H2,(H,19,20). The van der Waals surface area contributed by atoms with Crippen LogP contribution in [-0.2, 0) is 17.9 Å². The number of hydrogen-bond donors (Lipinski definition) is 1. The molecule has 1 aromatic carbocycles. The summed E-state index contributed by atoms with van der Waals surface area (Å²) in [6.07, 6.45) is 1.34. The Hall–Kier alpha value is -2.44. The summed E-state index contributed by atoms with van der Waals surface area (Å²) in [6, 6.07) is 9.15. The van der Waals surface area contributed by atoms with Crippen molar-refractivity contribution >= 4 is 11.7 Å². The second kappa shape index (κ2) is 6.65. The highest BCUT2D eigenvalue weighted by atomic mass is 19.1. The van der Waals surface area contributed by atoms with E-state index in [4.69, 9.17) is 5.11 Å². The molecule has 7 heteroatoms. The normalized spacial score (nSPS) is 10.4. The van der Waals surface area contributed by atoms with E-state index in [2.05, 4.69) is 10.1 Å². The Bertz CT molecular complexity index is 559. The average Bonchev–Trinajstić information content (AvgIpc) is 2.86. The van der Waals surface area contributed by atoms with E-state index in [9.17, 15) is 9.18 Å². The van der Waals surface area contributed by atoms with Gasteiger partial charge in [0.1, 0.15) is 25.4 Å². The van der Waals surface area contributed by atoms with Crippen molar-refractivity contribution in [3.8, 4) is 0 Å². The van der Waals surface area contributed by atoms with Gasteiger partial charge in [0.15, 0.2) is 0 Å². The minimum absolute atomic E-state index is 0.116. The molecule has 1 heterocycles. The molecule has 0 saturated carbocycles. The summed E-state index contributed by atoms with van der Waals surface area (Å²) in [4.78, 5) is 16.7. The Morgan fingerprint density at radius 1 is 1.35 bits per heavy atom. The Labute approximate surface area is 115 Å². The molecule has 0 saturated heterocycles. The summed E-state index contributed by atoms with van der Waals surface area (Å²) < 4.78 is 13.9. The van der Waals surface area contributed by atoms with Gasteiger partial charge in [0.25, 0.3) is 0 Å². The molecule has 2 aromatic rings. The lowest BCUT2D eigenvalue weighted by Gasteiger charge is -2.22. The van der Waals surface area contributed by atoms with Crippen LogP contribution in [0.15, 0.2) is 36.7 Å². The molecule has 0 radical (unpaired) electrons. The van der Waals surface area contributed by atoms with Crippen LogP contribution in [0.1, 0.15) is 5.82 Å². The van der Waals surface area contributed by atoms with Gasteiger partial charge in [-0.05, 0) is 12.1 Å². The summed E-state index contributed by atoms with van der Waals surface area (Å²) >= 11 is 0. The molecule has 1 aromatic heterocycles. The molecule has 0 aliphatic carbocycles. The largest absolute Gasteiger partial charge is 0.480 e. The van der Waals surface area contributed by atoms with Crippen LogP contribution in [0.25, 0.3) is 0 Å². The summed E-state index contributed by atoms with van der Waals surface area (Å²) in [5.74, 6) is -0.404. The molecule has 0 fully saturated rings. The monoisotopic (exact) mass is 278 g/mol. The van der Waals surface area contributed by atoms with Crippen LogP contribution < -0.4 is 4.90 Å². The first-order valence-electron chi connectivity index (χ1n) is 6.15. The second-order valence-electron chi connectivity index (χ2n) is 4.17. The molecule has 0 spiro atoms. The molecule has 0 atom stereocenters. The molecule has 6 nitrogen and oxygen atoms in total. The lowest BCUT2D eigenvalue weighted by atomic mass is 10.3. The van der Waals surface area contributed by atoms with E-state index in [0.717, 1.165) is 5.69 Å². The lowest BCUT2D eigenvalue weighted by Crippen LogP contribution is -2.30. The van der Waals surface area contributed by atoms with E-state index in [1.807, 2.05) is 30.3 Å². The number of aliphatic carboxylic acids is 1. The highest BCUT2D eigenvalue weighted by Crippen LogP contribution is 2.15. The third kappa shape index (κ3) is 3.53. The number of carboxylic acid groups (broad SMARTS) is 1. The van der Waals surface area contributed by atoms with Gasteiger partial charge < -0.3 is 10.0 Å².